The number of amides is 1. The predicted octanol–water partition coefficient (Wildman–Crippen LogP) is 1.92. The zero-order valence-corrected chi connectivity index (χ0v) is 16.2. The van der Waals surface area contributed by atoms with E-state index in [-0.39, 0.29) is 22.9 Å². The van der Waals surface area contributed by atoms with E-state index < -0.39 is 11.9 Å². The van der Waals surface area contributed by atoms with Crippen LogP contribution in [0.5, 0.6) is 0 Å². The molecule has 1 N–H and O–H groups in total. The molecule has 9 heteroatoms. The molecule has 2 saturated heterocycles. The molecular formula is C21H21F3N5O+. The highest BCUT2D eigenvalue weighted by Crippen LogP contribution is 2.32. The molecule has 4 heterocycles. The van der Waals surface area contributed by atoms with Crippen molar-refractivity contribution in [2.45, 2.75) is 25.1 Å². The van der Waals surface area contributed by atoms with Crippen molar-refractivity contribution in [2.75, 3.05) is 26.2 Å². The molecule has 2 aliphatic rings. The third-order valence-corrected chi connectivity index (χ3v) is 6.06. The van der Waals surface area contributed by atoms with Gasteiger partial charge < -0.3 is 9.80 Å². The lowest BCUT2D eigenvalue weighted by Gasteiger charge is -2.34. The summed E-state index contributed by atoms with van der Waals surface area (Å²) in [4.78, 5) is 20.6. The first-order valence-electron chi connectivity index (χ1n) is 10.1. The third-order valence-electron chi connectivity index (χ3n) is 6.06. The second-order valence-corrected chi connectivity index (χ2v) is 7.94. The second-order valence-electron chi connectivity index (χ2n) is 7.94. The summed E-state index contributed by atoms with van der Waals surface area (Å²) in [5.41, 5.74) is -0.176. The minimum Gasteiger partial charge on any atom is -0.330 e. The fraction of sp³-hybridized carbons (Fsp3) is 0.381. The number of aromatic nitrogens is 3. The highest BCUT2D eigenvalue weighted by Gasteiger charge is 2.38. The van der Waals surface area contributed by atoms with Gasteiger partial charge in [0.1, 0.15) is 6.04 Å². The molecule has 1 unspecified atom stereocenters. The molecule has 30 heavy (non-hydrogen) atoms. The van der Waals surface area contributed by atoms with Gasteiger partial charge in [-0.05, 0) is 6.07 Å². The number of rotatable bonds is 2. The zero-order valence-electron chi connectivity index (χ0n) is 16.2. The highest BCUT2D eigenvalue weighted by molar-refractivity contribution is 5.93. The van der Waals surface area contributed by atoms with Crippen molar-refractivity contribution in [3.05, 3.63) is 53.9 Å². The summed E-state index contributed by atoms with van der Waals surface area (Å²) in [6, 6.07) is 11.4. The van der Waals surface area contributed by atoms with E-state index in [0.717, 1.165) is 36.5 Å². The summed E-state index contributed by atoms with van der Waals surface area (Å²) >= 11 is 0. The Kier molecular flexibility index (Phi) is 4.50. The van der Waals surface area contributed by atoms with Crippen molar-refractivity contribution in [3.63, 3.8) is 0 Å². The lowest BCUT2D eigenvalue weighted by atomic mass is 10.1. The number of nitrogens with zero attached hydrogens (tertiary/aromatic N) is 4. The van der Waals surface area contributed by atoms with Crippen LogP contribution in [0.15, 0.2) is 42.5 Å². The summed E-state index contributed by atoms with van der Waals surface area (Å²) in [5, 5.41) is 4.01. The number of piperazine rings is 1. The van der Waals surface area contributed by atoms with Crippen LogP contribution in [0.1, 0.15) is 29.0 Å². The Morgan fingerprint density at radius 3 is 2.70 bits per heavy atom. The molecule has 0 saturated carbocycles. The van der Waals surface area contributed by atoms with E-state index >= 15 is 0 Å². The Morgan fingerprint density at radius 2 is 1.93 bits per heavy atom. The van der Waals surface area contributed by atoms with Gasteiger partial charge in [0.05, 0.1) is 31.9 Å². The molecule has 156 valence electrons. The normalized spacial score (nSPS) is 21.8. The minimum absolute atomic E-state index is 0.000316. The highest BCUT2D eigenvalue weighted by atomic mass is 19.4. The molecule has 0 spiro atoms. The number of hydrogen-bond donors (Lipinski definition) is 1. The predicted molar refractivity (Wildman–Crippen MR) is 103 cm³/mol. The van der Waals surface area contributed by atoms with Crippen LogP contribution in [0.2, 0.25) is 0 Å². The summed E-state index contributed by atoms with van der Waals surface area (Å²) in [6.07, 6.45) is -2.40. The van der Waals surface area contributed by atoms with Crippen LogP contribution in [-0.2, 0) is 6.18 Å². The van der Waals surface area contributed by atoms with E-state index in [1.165, 1.54) is 11.0 Å². The van der Waals surface area contributed by atoms with Gasteiger partial charge in [0.25, 0.3) is 5.91 Å². The van der Waals surface area contributed by atoms with Crippen molar-refractivity contribution >= 4 is 11.6 Å². The SMILES string of the molecule is O=C(c1cc2nc(-c3ccccc3)cc(C(F)(F)F)n2n1)N1CC[NH+]2CCC[C@@H]2C1. The summed E-state index contributed by atoms with van der Waals surface area (Å²) in [7, 11) is 0. The minimum atomic E-state index is -4.63. The average Bonchev–Trinajstić information content (AvgIpc) is 3.38. The van der Waals surface area contributed by atoms with Crippen LogP contribution < -0.4 is 4.90 Å². The van der Waals surface area contributed by atoms with Crippen LogP contribution in [0.4, 0.5) is 13.2 Å². The summed E-state index contributed by atoms with van der Waals surface area (Å²) in [6.45, 7) is 3.21. The quantitative estimate of drug-likeness (QED) is 0.695. The lowest BCUT2D eigenvalue weighted by molar-refractivity contribution is -0.916. The van der Waals surface area contributed by atoms with E-state index in [4.69, 9.17) is 0 Å². The smallest absolute Gasteiger partial charge is 0.330 e. The molecule has 1 aromatic carbocycles. The maximum absolute atomic E-state index is 13.7. The number of carbonyl (C=O) groups excluding carboxylic acids is 1. The van der Waals surface area contributed by atoms with Crippen LogP contribution >= 0.6 is 0 Å². The number of carbonyl (C=O) groups is 1. The molecule has 0 bridgehead atoms. The second kappa shape index (κ2) is 7.09. The number of quaternary nitrogens is 1. The first-order chi connectivity index (χ1) is 14.4. The maximum atomic E-state index is 13.7. The molecule has 0 aliphatic carbocycles. The van der Waals surface area contributed by atoms with E-state index in [1.807, 2.05) is 0 Å². The van der Waals surface area contributed by atoms with Crippen molar-refractivity contribution in [1.82, 2.24) is 19.5 Å². The maximum Gasteiger partial charge on any atom is 0.433 e. The molecule has 1 amide bonds. The number of alkyl halides is 3. The Labute approximate surface area is 170 Å². The van der Waals surface area contributed by atoms with Crippen molar-refractivity contribution < 1.29 is 22.9 Å². The van der Waals surface area contributed by atoms with Crippen molar-refractivity contribution in [1.29, 1.82) is 0 Å². The first-order valence-corrected chi connectivity index (χ1v) is 10.1. The van der Waals surface area contributed by atoms with Crippen LogP contribution in [0.3, 0.4) is 0 Å². The molecule has 6 nitrogen and oxygen atoms in total. The Morgan fingerprint density at radius 1 is 1.13 bits per heavy atom. The van der Waals surface area contributed by atoms with Crippen LogP contribution in [0, 0.1) is 0 Å². The largest absolute Gasteiger partial charge is 0.433 e. The van der Waals surface area contributed by atoms with Gasteiger partial charge in [-0.2, -0.15) is 18.3 Å². The summed E-state index contributed by atoms with van der Waals surface area (Å²) in [5.74, 6) is -0.333. The number of halogens is 3. The fourth-order valence-corrected chi connectivity index (χ4v) is 4.55. The number of nitrogens with one attached hydrogen (secondary N) is 1. The number of benzene rings is 1. The lowest BCUT2D eigenvalue weighted by Crippen LogP contribution is -3.16. The van der Waals surface area contributed by atoms with Crippen molar-refractivity contribution in [2.24, 2.45) is 0 Å². The summed E-state index contributed by atoms with van der Waals surface area (Å²) < 4.78 is 41.9. The van der Waals surface area contributed by atoms with Gasteiger partial charge in [-0.1, -0.05) is 30.3 Å². The molecule has 0 radical (unpaired) electrons. The topological polar surface area (TPSA) is 54.9 Å². The Bertz CT molecular complexity index is 1100. The number of hydrogen-bond acceptors (Lipinski definition) is 3. The molecular weight excluding hydrogens is 395 g/mol. The first kappa shape index (κ1) is 19.0. The fourth-order valence-electron chi connectivity index (χ4n) is 4.55. The van der Waals surface area contributed by atoms with Gasteiger partial charge in [0, 0.05) is 24.5 Å². The van der Waals surface area contributed by atoms with E-state index in [0.29, 0.717) is 24.7 Å². The van der Waals surface area contributed by atoms with Gasteiger partial charge in [-0.3, -0.25) is 4.79 Å². The van der Waals surface area contributed by atoms with Gasteiger partial charge in [0.15, 0.2) is 17.0 Å². The number of fused-ring (bicyclic) bond motifs is 2. The average molecular weight is 416 g/mol. The van der Waals surface area contributed by atoms with E-state index in [9.17, 15) is 18.0 Å². The molecule has 3 aromatic rings. The van der Waals surface area contributed by atoms with Gasteiger partial charge >= 0.3 is 6.18 Å². The Hall–Kier alpha value is -2.94. The van der Waals surface area contributed by atoms with Gasteiger partial charge in [-0.25, -0.2) is 9.50 Å². The van der Waals surface area contributed by atoms with Crippen molar-refractivity contribution in [3.8, 4) is 11.3 Å². The standard InChI is InChI=1S/C21H20F3N5O/c22-21(23,24)18-11-16(14-5-2-1-3-6-14)25-19-12-17(26-29(18)19)20(30)28-10-9-27-8-4-7-15(27)13-28/h1-3,5-6,11-12,15H,4,7-10,13H2/p+1/t15-/m1/s1. The van der Waals surface area contributed by atoms with E-state index in [1.54, 1.807) is 35.2 Å². The van der Waals surface area contributed by atoms with E-state index in [2.05, 4.69) is 10.1 Å². The zero-order chi connectivity index (χ0) is 20.9. The third kappa shape index (κ3) is 3.32. The molecule has 2 fully saturated rings. The van der Waals surface area contributed by atoms with Gasteiger partial charge in [0.2, 0.25) is 0 Å². The molecule has 5 rings (SSSR count). The van der Waals surface area contributed by atoms with Crippen LogP contribution in [0.25, 0.3) is 16.9 Å². The van der Waals surface area contributed by atoms with Crippen LogP contribution in [-0.4, -0.2) is 57.6 Å². The Balaban J connectivity index is 1.53. The molecule has 2 aliphatic heterocycles. The molecule has 2 atom stereocenters. The van der Waals surface area contributed by atoms with Gasteiger partial charge in [-0.15, -0.1) is 0 Å². The molecule has 2 aromatic heterocycles. The monoisotopic (exact) mass is 416 g/mol.